The van der Waals surface area contributed by atoms with Crippen LogP contribution in [-0.2, 0) is 4.79 Å². The minimum absolute atomic E-state index is 0.376. The average molecular weight is 955 g/mol. The monoisotopic (exact) mass is 954 g/mol. The number of carbonyl (C=O) groups is 1. The second-order valence-electron chi connectivity index (χ2n) is 20.9. The van der Waals surface area contributed by atoms with Gasteiger partial charge in [-0.05, 0) is 64.2 Å². The largest absolute Gasteiger partial charge is 0.394 e. The first-order chi connectivity index (χ1) is 33.6. The number of amides is 1. The standard InChI is InChI=1S/C63H119NO4/c1-3-5-7-9-11-13-15-17-19-21-23-25-27-29-30-31-32-33-34-36-38-40-42-44-46-48-50-52-54-56-58-62(67)63(68)64-60(59-65)61(66)57-55-53-51-49-47-45-43-41-39-37-35-28-26-24-22-20-18-16-14-12-10-8-6-4-2/h23,25,29-30,47,49,55,57,60-62,65-67H,3-22,24,26-28,31-46,48,50-54,56,58-59H2,1-2H3,(H,64,68)/b25-23-,30-29-,49-47+,57-55+. The van der Waals surface area contributed by atoms with Crippen LogP contribution < -0.4 is 5.32 Å². The maximum Gasteiger partial charge on any atom is 0.249 e. The first-order valence-electron chi connectivity index (χ1n) is 30.5. The molecular formula is C63H119NO4. The van der Waals surface area contributed by atoms with E-state index < -0.39 is 24.2 Å². The Morgan fingerprint density at radius 1 is 0.368 bits per heavy atom. The Balaban J connectivity index is 3.58. The highest BCUT2D eigenvalue weighted by Crippen LogP contribution is 2.17. The lowest BCUT2D eigenvalue weighted by atomic mass is 10.0. The van der Waals surface area contributed by atoms with Crippen LogP contribution in [0.15, 0.2) is 48.6 Å². The van der Waals surface area contributed by atoms with Crippen LogP contribution >= 0.6 is 0 Å². The van der Waals surface area contributed by atoms with Gasteiger partial charge in [0.25, 0.3) is 0 Å². The number of nitrogens with one attached hydrogen (secondary N) is 1. The van der Waals surface area contributed by atoms with Crippen LogP contribution in [0.4, 0.5) is 0 Å². The molecule has 0 aromatic carbocycles. The molecule has 5 nitrogen and oxygen atoms in total. The van der Waals surface area contributed by atoms with Gasteiger partial charge in [-0.1, -0.05) is 306 Å². The molecule has 400 valence electrons. The molecule has 0 bridgehead atoms. The maximum atomic E-state index is 12.6. The molecule has 0 aliphatic heterocycles. The Hall–Kier alpha value is -1.69. The van der Waals surface area contributed by atoms with E-state index in [1.807, 2.05) is 6.08 Å². The zero-order valence-electron chi connectivity index (χ0n) is 45.7. The van der Waals surface area contributed by atoms with Crippen LogP contribution in [0.5, 0.6) is 0 Å². The van der Waals surface area contributed by atoms with E-state index in [0.29, 0.717) is 6.42 Å². The third-order valence-corrected chi connectivity index (χ3v) is 14.1. The van der Waals surface area contributed by atoms with Crippen molar-refractivity contribution in [3.63, 3.8) is 0 Å². The van der Waals surface area contributed by atoms with E-state index in [4.69, 9.17) is 0 Å². The molecule has 0 aliphatic rings. The summed E-state index contributed by atoms with van der Waals surface area (Å²) in [5, 5.41) is 33.4. The molecular weight excluding hydrogens is 835 g/mol. The van der Waals surface area contributed by atoms with E-state index in [0.717, 1.165) is 44.9 Å². The summed E-state index contributed by atoms with van der Waals surface area (Å²) in [6, 6.07) is -0.817. The fourth-order valence-corrected chi connectivity index (χ4v) is 9.41. The average Bonchev–Trinajstić information content (AvgIpc) is 3.34. The van der Waals surface area contributed by atoms with Gasteiger partial charge < -0.3 is 20.6 Å². The second-order valence-corrected chi connectivity index (χ2v) is 20.9. The topological polar surface area (TPSA) is 89.8 Å². The number of carbonyl (C=O) groups excluding carboxylic acids is 1. The van der Waals surface area contributed by atoms with Gasteiger partial charge in [-0.2, -0.15) is 0 Å². The van der Waals surface area contributed by atoms with Crippen molar-refractivity contribution >= 4 is 5.91 Å². The smallest absolute Gasteiger partial charge is 0.249 e. The van der Waals surface area contributed by atoms with Crippen molar-refractivity contribution in [2.75, 3.05) is 6.61 Å². The summed E-state index contributed by atoms with van der Waals surface area (Å²) in [6.07, 6.45) is 77.8. The predicted octanol–water partition coefficient (Wildman–Crippen LogP) is 19.2. The van der Waals surface area contributed by atoms with Gasteiger partial charge >= 0.3 is 0 Å². The Morgan fingerprint density at radius 3 is 0.985 bits per heavy atom. The molecule has 0 fully saturated rings. The molecule has 0 spiro atoms. The van der Waals surface area contributed by atoms with Gasteiger partial charge in [0.15, 0.2) is 0 Å². The lowest BCUT2D eigenvalue weighted by Gasteiger charge is -2.21. The normalized spacial score (nSPS) is 13.5. The van der Waals surface area contributed by atoms with E-state index in [2.05, 4.69) is 55.6 Å². The third kappa shape index (κ3) is 52.1. The van der Waals surface area contributed by atoms with Gasteiger partial charge in [-0.3, -0.25) is 4.79 Å². The Bertz CT molecular complexity index is 1100. The molecule has 0 rings (SSSR count). The minimum Gasteiger partial charge on any atom is -0.394 e. The highest BCUT2D eigenvalue weighted by Gasteiger charge is 2.22. The summed E-state index contributed by atoms with van der Waals surface area (Å²) in [5.41, 5.74) is 0. The van der Waals surface area contributed by atoms with Crippen LogP contribution in [-0.4, -0.2) is 46.1 Å². The van der Waals surface area contributed by atoms with Gasteiger partial charge in [0, 0.05) is 0 Å². The van der Waals surface area contributed by atoms with Gasteiger partial charge in [-0.25, -0.2) is 0 Å². The first kappa shape index (κ1) is 66.3. The molecule has 0 radical (unpaired) electrons. The van der Waals surface area contributed by atoms with E-state index in [-0.39, 0.29) is 6.61 Å². The van der Waals surface area contributed by atoms with Crippen LogP contribution in [0.3, 0.4) is 0 Å². The Kier molecular flexibility index (Phi) is 56.4. The van der Waals surface area contributed by atoms with E-state index in [1.165, 1.54) is 257 Å². The van der Waals surface area contributed by atoms with Crippen molar-refractivity contribution in [1.82, 2.24) is 5.32 Å². The van der Waals surface area contributed by atoms with Gasteiger partial charge in [0.1, 0.15) is 6.10 Å². The van der Waals surface area contributed by atoms with Crippen LogP contribution in [0.2, 0.25) is 0 Å². The van der Waals surface area contributed by atoms with E-state index in [9.17, 15) is 20.1 Å². The summed E-state index contributed by atoms with van der Waals surface area (Å²) in [4.78, 5) is 12.6. The zero-order chi connectivity index (χ0) is 49.3. The van der Waals surface area contributed by atoms with Crippen LogP contribution in [0.1, 0.15) is 322 Å². The number of hydrogen-bond acceptors (Lipinski definition) is 4. The van der Waals surface area contributed by atoms with Crippen molar-refractivity contribution in [3.05, 3.63) is 48.6 Å². The molecule has 0 aromatic rings. The number of hydrogen-bond donors (Lipinski definition) is 4. The van der Waals surface area contributed by atoms with Crippen molar-refractivity contribution in [3.8, 4) is 0 Å². The summed E-state index contributed by atoms with van der Waals surface area (Å²) in [6.45, 7) is 4.20. The molecule has 5 heteroatoms. The summed E-state index contributed by atoms with van der Waals surface area (Å²) in [5.74, 6) is -0.510. The van der Waals surface area contributed by atoms with Crippen LogP contribution in [0.25, 0.3) is 0 Å². The molecule has 0 saturated heterocycles. The number of aliphatic hydroxyl groups is 3. The van der Waals surface area contributed by atoms with Crippen molar-refractivity contribution in [2.24, 2.45) is 0 Å². The Morgan fingerprint density at radius 2 is 0.647 bits per heavy atom. The molecule has 4 N–H and O–H groups in total. The highest BCUT2D eigenvalue weighted by atomic mass is 16.3. The lowest BCUT2D eigenvalue weighted by Crippen LogP contribution is -2.48. The lowest BCUT2D eigenvalue weighted by molar-refractivity contribution is -0.131. The SMILES string of the molecule is CCCCCCCCCCC/C=C\C/C=C\CCCCCCCCCCCCCCCCC(O)C(=O)NC(CO)C(O)/C=C/CC/C=C/CCCCCCCCCCCCCCCCCCCC. The summed E-state index contributed by atoms with van der Waals surface area (Å²) < 4.78 is 0. The first-order valence-corrected chi connectivity index (χ1v) is 30.5. The van der Waals surface area contributed by atoms with E-state index >= 15 is 0 Å². The quantitative estimate of drug-likeness (QED) is 0.0361. The fraction of sp³-hybridized carbons (Fsp3) is 0.857. The van der Waals surface area contributed by atoms with Crippen molar-refractivity contribution in [2.45, 2.75) is 340 Å². The van der Waals surface area contributed by atoms with Crippen molar-refractivity contribution in [1.29, 1.82) is 0 Å². The van der Waals surface area contributed by atoms with Crippen molar-refractivity contribution < 1.29 is 20.1 Å². The highest BCUT2D eigenvalue weighted by molar-refractivity contribution is 5.80. The predicted molar refractivity (Wildman–Crippen MR) is 301 cm³/mol. The number of aliphatic hydroxyl groups excluding tert-OH is 3. The minimum atomic E-state index is -1.11. The molecule has 0 aliphatic carbocycles. The van der Waals surface area contributed by atoms with Gasteiger partial charge in [-0.15, -0.1) is 0 Å². The summed E-state index contributed by atoms with van der Waals surface area (Å²) in [7, 11) is 0. The van der Waals surface area contributed by atoms with Gasteiger partial charge in [0.05, 0.1) is 18.8 Å². The summed E-state index contributed by atoms with van der Waals surface area (Å²) >= 11 is 0. The number of unbranched alkanes of at least 4 members (excludes halogenated alkanes) is 42. The van der Waals surface area contributed by atoms with Gasteiger partial charge in [0.2, 0.25) is 5.91 Å². The zero-order valence-corrected chi connectivity index (χ0v) is 45.7. The molecule has 0 heterocycles. The fourth-order valence-electron chi connectivity index (χ4n) is 9.41. The van der Waals surface area contributed by atoms with Crippen LogP contribution in [0, 0.1) is 0 Å². The molecule has 68 heavy (non-hydrogen) atoms. The number of allylic oxidation sites excluding steroid dienone is 7. The second kappa shape index (κ2) is 57.9. The molecule has 3 atom stereocenters. The molecule has 1 amide bonds. The Labute approximate surface area is 425 Å². The number of rotatable bonds is 56. The molecule has 3 unspecified atom stereocenters. The molecule has 0 aromatic heterocycles. The maximum absolute atomic E-state index is 12.6. The van der Waals surface area contributed by atoms with E-state index in [1.54, 1.807) is 6.08 Å². The third-order valence-electron chi connectivity index (χ3n) is 14.1. The molecule has 0 saturated carbocycles.